The van der Waals surface area contributed by atoms with Gasteiger partial charge in [0.1, 0.15) is 11.2 Å². The first-order valence-corrected chi connectivity index (χ1v) is 17.2. The molecule has 0 aliphatic rings. The Hall–Kier alpha value is -3.69. The predicted molar refractivity (Wildman–Crippen MR) is 176 cm³/mol. The zero-order valence-electron chi connectivity index (χ0n) is 31.2. The molecule has 6 rings (SSSR count). The summed E-state index contributed by atoms with van der Waals surface area (Å²) in [6, 6.07) is 19.8. The molecule has 0 spiro atoms. The van der Waals surface area contributed by atoms with Crippen molar-refractivity contribution in [1.82, 2.24) is 4.98 Å². The predicted octanol–water partition coefficient (Wildman–Crippen LogP) is 10.6. The average Bonchev–Trinajstić information content (AvgIpc) is 3.33. The van der Waals surface area contributed by atoms with Crippen LogP contribution < -0.4 is 5.19 Å². The van der Waals surface area contributed by atoms with Crippen molar-refractivity contribution in [2.24, 2.45) is 0 Å². The molecule has 0 bridgehead atoms. The third-order valence-electron chi connectivity index (χ3n) is 7.59. The van der Waals surface area contributed by atoms with Gasteiger partial charge in [0.25, 0.3) is 0 Å². The topological polar surface area (TPSA) is 26.0 Å². The lowest BCUT2D eigenvalue weighted by Gasteiger charge is -2.27. The smallest absolute Gasteiger partial charge is 0.144 e. The van der Waals surface area contributed by atoms with Crippen LogP contribution in [0.5, 0.6) is 0 Å². The molecule has 6 aromatic rings. The second-order valence-electron chi connectivity index (χ2n) is 12.1. The van der Waals surface area contributed by atoms with E-state index in [0.717, 1.165) is 27.1 Å². The Morgan fingerprint density at radius 2 is 1.48 bits per heavy atom. The molecule has 0 atom stereocenters. The second kappa shape index (κ2) is 9.74. The van der Waals surface area contributed by atoms with E-state index in [1.807, 2.05) is 48.5 Å². The zero-order valence-corrected chi connectivity index (χ0v) is 25.2. The third-order valence-corrected chi connectivity index (χ3v) is 9.34. The van der Waals surface area contributed by atoms with Crippen molar-refractivity contribution in [2.45, 2.75) is 66.0 Å². The molecule has 0 saturated heterocycles. The highest BCUT2D eigenvalue weighted by Crippen LogP contribution is 2.42. The summed E-state index contributed by atoms with van der Waals surface area (Å²) in [5, 5.41) is 4.45. The van der Waals surface area contributed by atoms with Crippen molar-refractivity contribution in [3.8, 4) is 22.4 Å². The molecule has 2 nitrogen and oxygen atoms in total. The van der Waals surface area contributed by atoms with Gasteiger partial charge in [0.15, 0.2) is 0 Å². The van der Waals surface area contributed by atoms with Gasteiger partial charge in [-0.15, -0.1) is 0 Å². The number of pyridine rings is 1. The Morgan fingerprint density at radius 1 is 0.800 bits per heavy atom. The van der Waals surface area contributed by atoms with E-state index in [-0.39, 0.29) is 23.2 Å². The van der Waals surface area contributed by atoms with E-state index in [1.54, 1.807) is 33.8 Å². The zero-order chi connectivity index (χ0) is 34.4. The summed E-state index contributed by atoms with van der Waals surface area (Å²) < 4.78 is 69.5. The summed E-state index contributed by atoms with van der Waals surface area (Å²) in [5.74, 6) is -2.69. The molecule has 0 N–H and O–H groups in total. The van der Waals surface area contributed by atoms with Crippen LogP contribution in [0.25, 0.3) is 55.1 Å². The molecule has 0 fully saturated rings. The highest BCUT2D eigenvalue weighted by molar-refractivity contribution is 6.88. The van der Waals surface area contributed by atoms with Crippen molar-refractivity contribution >= 4 is 46.0 Å². The van der Waals surface area contributed by atoms with E-state index in [1.165, 1.54) is 6.20 Å². The van der Waals surface area contributed by atoms with Crippen LogP contribution in [0, 0.1) is 6.85 Å². The second-order valence-corrected chi connectivity index (χ2v) is 17.1. The molecule has 0 aliphatic carbocycles. The van der Waals surface area contributed by atoms with E-state index in [2.05, 4.69) is 30.7 Å². The number of fused-ring (bicyclic) bond motifs is 5. The Labute approximate surface area is 248 Å². The van der Waals surface area contributed by atoms with Crippen molar-refractivity contribution < 1.29 is 14.0 Å². The van der Waals surface area contributed by atoms with Gasteiger partial charge in [0, 0.05) is 34.8 Å². The molecular formula is C37H39NOSi. The van der Waals surface area contributed by atoms with Crippen molar-refractivity contribution in [3.63, 3.8) is 0 Å². The van der Waals surface area contributed by atoms with Crippen LogP contribution >= 0.6 is 0 Å². The first-order valence-electron chi connectivity index (χ1n) is 17.2. The van der Waals surface area contributed by atoms with E-state index in [4.69, 9.17) is 8.53 Å². The number of benzene rings is 4. The quantitative estimate of drug-likeness (QED) is 0.200. The van der Waals surface area contributed by atoms with Gasteiger partial charge in [-0.2, -0.15) is 0 Å². The van der Waals surface area contributed by atoms with Crippen LogP contribution in [-0.4, -0.2) is 13.1 Å². The Bertz CT molecular complexity index is 2170. The SMILES string of the molecule is [2H]c1c(C([2H])(C)C)c(-c2cc(-c3cccc4c3oc3c5ccccc5ccc43)ncc2C([2H])([2H])[2H])c(C([2H])(C)C)c([2H])c1[Si](C)(C)C. The molecule has 0 aliphatic heterocycles. The highest BCUT2D eigenvalue weighted by atomic mass is 28.3. The van der Waals surface area contributed by atoms with Gasteiger partial charge < -0.3 is 4.42 Å². The summed E-state index contributed by atoms with van der Waals surface area (Å²) in [6.45, 7) is 10.3. The standard InChI is InChI=1S/C37H39NOSi/c1-22(2)31-18-26(40(6,7)8)19-32(23(3)4)35(31)33-20-34(38-21-24(33)5)30-15-11-14-28-29-17-16-25-12-9-10-13-27(25)36(29)39-37(28)30/h9-23H,1-8H3/i5D3,18D,19D,22D,23D. The fourth-order valence-electron chi connectivity index (χ4n) is 5.46. The molecule has 4 aromatic carbocycles. The molecule has 40 heavy (non-hydrogen) atoms. The van der Waals surface area contributed by atoms with Gasteiger partial charge >= 0.3 is 0 Å². The van der Waals surface area contributed by atoms with Crippen LogP contribution in [0.1, 0.15) is 65.8 Å². The molecule has 2 aromatic heterocycles. The van der Waals surface area contributed by atoms with E-state index in [9.17, 15) is 5.48 Å². The first-order chi connectivity index (χ1) is 21.7. The maximum Gasteiger partial charge on any atom is 0.144 e. The lowest BCUT2D eigenvalue weighted by Crippen LogP contribution is -2.38. The first kappa shape index (κ1) is 19.4. The summed E-state index contributed by atoms with van der Waals surface area (Å²) in [7, 11) is -2.32. The monoisotopic (exact) mass is 548 g/mol. The largest absolute Gasteiger partial charge is 0.455 e. The number of hydrogen-bond acceptors (Lipinski definition) is 2. The van der Waals surface area contributed by atoms with Gasteiger partial charge in [-0.25, -0.2) is 0 Å². The van der Waals surface area contributed by atoms with Crippen molar-refractivity contribution in [3.05, 3.63) is 95.6 Å². The normalized spacial score (nSPS) is 15.8. The fraction of sp³-hybridized carbons (Fsp3) is 0.270. The van der Waals surface area contributed by atoms with Crippen LogP contribution in [0.2, 0.25) is 19.6 Å². The fourth-order valence-corrected chi connectivity index (χ4v) is 6.46. The minimum atomic E-state index is -2.60. The summed E-state index contributed by atoms with van der Waals surface area (Å²) in [5.41, 5.74) is 3.60. The van der Waals surface area contributed by atoms with E-state index in [0.29, 0.717) is 38.7 Å². The van der Waals surface area contributed by atoms with Crippen molar-refractivity contribution in [1.29, 1.82) is 0 Å². The maximum absolute atomic E-state index is 9.43. The molecule has 2 heterocycles. The van der Waals surface area contributed by atoms with Crippen LogP contribution in [0.3, 0.4) is 0 Å². The summed E-state index contributed by atoms with van der Waals surface area (Å²) in [6.07, 6.45) is 1.34. The van der Waals surface area contributed by atoms with Gasteiger partial charge in [-0.3, -0.25) is 4.98 Å². The highest BCUT2D eigenvalue weighted by Gasteiger charge is 2.25. The number of hydrogen-bond donors (Lipinski definition) is 0. The number of rotatable bonds is 5. The van der Waals surface area contributed by atoms with Crippen molar-refractivity contribution in [2.75, 3.05) is 0 Å². The Kier molecular flexibility index (Phi) is 4.72. The molecule has 3 heteroatoms. The number of furan rings is 1. The van der Waals surface area contributed by atoms with Gasteiger partial charge in [0.05, 0.1) is 16.5 Å². The Morgan fingerprint density at radius 3 is 2.15 bits per heavy atom. The average molecular weight is 549 g/mol. The number of nitrogens with zero attached hydrogens (tertiary/aromatic N) is 1. The van der Waals surface area contributed by atoms with E-state index >= 15 is 0 Å². The lowest BCUT2D eigenvalue weighted by molar-refractivity contribution is 0.673. The number of aromatic nitrogens is 1. The van der Waals surface area contributed by atoms with Crippen LogP contribution in [0.15, 0.2) is 83.4 Å². The molecule has 0 radical (unpaired) electrons. The molecule has 0 unspecified atom stereocenters. The Balaban J connectivity index is 1.76. The summed E-state index contributed by atoms with van der Waals surface area (Å²) in [4.78, 5) is 4.67. The van der Waals surface area contributed by atoms with Gasteiger partial charge in [-0.05, 0) is 70.0 Å². The minimum Gasteiger partial charge on any atom is -0.455 e. The van der Waals surface area contributed by atoms with Gasteiger partial charge in [-0.1, -0.05) is 107 Å². The molecule has 0 amide bonds. The number of aryl methyl sites for hydroxylation is 1. The summed E-state index contributed by atoms with van der Waals surface area (Å²) >= 11 is 0. The lowest BCUT2D eigenvalue weighted by atomic mass is 9.83. The van der Waals surface area contributed by atoms with Gasteiger partial charge in [0.2, 0.25) is 0 Å². The van der Waals surface area contributed by atoms with E-state index < -0.39 is 26.7 Å². The van der Waals surface area contributed by atoms with Crippen LogP contribution in [-0.2, 0) is 0 Å². The maximum atomic E-state index is 9.43. The van der Waals surface area contributed by atoms with Crippen LogP contribution in [0.4, 0.5) is 0 Å². The third kappa shape index (κ3) is 4.37. The molecular weight excluding hydrogens is 502 g/mol. The molecule has 0 saturated carbocycles. The number of para-hydroxylation sites is 1. The minimum absolute atomic E-state index is 0.0559. The molecule has 202 valence electrons.